The Balaban J connectivity index is 1.65. The third-order valence-electron chi connectivity index (χ3n) is 6.44. The zero-order valence-electron chi connectivity index (χ0n) is 18.8. The van der Waals surface area contributed by atoms with E-state index in [1.165, 1.54) is 17.2 Å². The van der Waals surface area contributed by atoms with Crippen LogP contribution in [0.25, 0.3) is 0 Å². The van der Waals surface area contributed by atoms with Crippen LogP contribution in [0.4, 0.5) is 10.1 Å². The van der Waals surface area contributed by atoms with Gasteiger partial charge in [0.1, 0.15) is 5.82 Å². The van der Waals surface area contributed by atoms with Crippen LogP contribution in [0.3, 0.4) is 0 Å². The SMILES string of the molecule is CCC(C)(C)n1nnnc1[C@H](c1ccc(C)cc1)N1CCN(c2ccccc2F)CC1. The Labute approximate surface area is 183 Å². The summed E-state index contributed by atoms with van der Waals surface area (Å²) in [5.74, 6) is 0.690. The van der Waals surface area contributed by atoms with Gasteiger partial charge in [-0.1, -0.05) is 48.9 Å². The molecule has 0 N–H and O–H groups in total. The Kier molecular flexibility index (Phi) is 6.05. The zero-order chi connectivity index (χ0) is 22.0. The van der Waals surface area contributed by atoms with E-state index in [1.54, 1.807) is 6.07 Å². The van der Waals surface area contributed by atoms with Crippen LogP contribution in [0.2, 0.25) is 0 Å². The molecule has 1 aromatic heterocycles. The molecule has 4 rings (SSSR count). The number of piperazine rings is 1. The summed E-state index contributed by atoms with van der Waals surface area (Å²) >= 11 is 0. The van der Waals surface area contributed by atoms with Gasteiger partial charge in [0.25, 0.3) is 0 Å². The monoisotopic (exact) mass is 422 g/mol. The van der Waals surface area contributed by atoms with E-state index in [2.05, 4.69) is 77.3 Å². The number of para-hydroxylation sites is 1. The second-order valence-electron chi connectivity index (χ2n) is 8.90. The standard InChI is InChI=1S/C24H31FN6/c1-5-24(3,4)31-23(26-27-28-31)22(19-12-10-18(2)11-13-19)30-16-14-29(15-17-30)21-9-7-6-8-20(21)25/h6-13,22H,5,14-17H2,1-4H3/t22-/m0/s1. The van der Waals surface area contributed by atoms with Gasteiger partial charge >= 0.3 is 0 Å². The molecule has 7 heteroatoms. The minimum atomic E-state index is -0.184. The molecule has 1 aliphatic rings. The molecule has 0 unspecified atom stereocenters. The summed E-state index contributed by atoms with van der Waals surface area (Å²) in [5.41, 5.74) is 2.88. The first-order valence-electron chi connectivity index (χ1n) is 11.0. The fraction of sp³-hybridized carbons (Fsp3) is 0.458. The van der Waals surface area contributed by atoms with Gasteiger partial charge in [-0.2, -0.15) is 0 Å². The molecule has 31 heavy (non-hydrogen) atoms. The van der Waals surface area contributed by atoms with Crippen molar-refractivity contribution in [1.29, 1.82) is 0 Å². The maximum Gasteiger partial charge on any atom is 0.173 e. The molecule has 0 spiro atoms. The molecule has 1 aliphatic heterocycles. The summed E-state index contributed by atoms with van der Waals surface area (Å²) in [6.07, 6.45) is 0.923. The van der Waals surface area contributed by atoms with E-state index >= 15 is 0 Å². The van der Waals surface area contributed by atoms with Gasteiger partial charge in [0.15, 0.2) is 5.82 Å². The predicted octanol–water partition coefficient (Wildman–Crippen LogP) is 4.18. The van der Waals surface area contributed by atoms with Crippen molar-refractivity contribution >= 4 is 5.69 Å². The van der Waals surface area contributed by atoms with Crippen molar-refractivity contribution in [2.45, 2.75) is 45.7 Å². The summed E-state index contributed by atoms with van der Waals surface area (Å²) in [5, 5.41) is 12.9. The van der Waals surface area contributed by atoms with E-state index < -0.39 is 0 Å². The Hall–Kier alpha value is -2.80. The highest BCUT2D eigenvalue weighted by molar-refractivity contribution is 5.48. The van der Waals surface area contributed by atoms with Crippen LogP contribution in [-0.2, 0) is 5.54 Å². The van der Waals surface area contributed by atoms with E-state index in [0.29, 0.717) is 5.69 Å². The van der Waals surface area contributed by atoms with Gasteiger partial charge in [-0.05, 0) is 55.3 Å². The van der Waals surface area contributed by atoms with Gasteiger partial charge in [-0.25, -0.2) is 9.07 Å². The van der Waals surface area contributed by atoms with E-state index in [0.717, 1.165) is 38.4 Å². The number of halogens is 1. The highest BCUT2D eigenvalue weighted by Gasteiger charge is 2.34. The average Bonchev–Trinajstić information content (AvgIpc) is 3.27. The quantitative estimate of drug-likeness (QED) is 0.597. The second kappa shape index (κ2) is 8.75. The minimum Gasteiger partial charge on any atom is -0.367 e. The van der Waals surface area contributed by atoms with Crippen LogP contribution < -0.4 is 4.90 Å². The molecule has 0 radical (unpaired) electrons. The van der Waals surface area contributed by atoms with Gasteiger partial charge in [0, 0.05) is 26.2 Å². The van der Waals surface area contributed by atoms with Gasteiger partial charge in [0.05, 0.1) is 17.3 Å². The second-order valence-corrected chi connectivity index (χ2v) is 8.90. The first-order valence-corrected chi connectivity index (χ1v) is 11.0. The lowest BCUT2D eigenvalue weighted by Gasteiger charge is -2.40. The van der Waals surface area contributed by atoms with E-state index in [9.17, 15) is 4.39 Å². The lowest BCUT2D eigenvalue weighted by Crippen LogP contribution is -2.49. The average molecular weight is 423 g/mol. The fourth-order valence-corrected chi connectivity index (χ4v) is 4.15. The van der Waals surface area contributed by atoms with Crippen LogP contribution in [0, 0.1) is 12.7 Å². The van der Waals surface area contributed by atoms with E-state index in [4.69, 9.17) is 0 Å². The zero-order valence-corrected chi connectivity index (χ0v) is 18.8. The number of aryl methyl sites for hydroxylation is 1. The van der Waals surface area contributed by atoms with Crippen molar-refractivity contribution in [1.82, 2.24) is 25.1 Å². The molecule has 3 aromatic rings. The van der Waals surface area contributed by atoms with Crippen LogP contribution in [0.1, 0.15) is 50.2 Å². The summed E-state index contributed by atoms with van der Waals surface area (Å²) < 4.78 is 16.3. The summed E-state index contributed by atoms with van der Waals surface area (Å²) in [6.45, 7) is 11.7. The molecule has 0 aliphatic carbocycles. The molecule has 0 amide bonds. The molecule has 2 heterocycles. The molecule has 1 fully saturated rings. The van der Waals surface area contributed by atoms with E-state index in [-0.39, 0.29) is 17.4 Å². The first kappa shape index (κ1) is 21.4. The molecular weight excluding hydrogens is 391 g/mol. The number of benzene rings is 2. The van der Waals surface area contributed by atoms with Gasteiger partial charge in [0.2, 0.25) is 0 Å². The number of anilines is 1. The summed E-state index contributed by atoms with van der Waals surface area (Å²) in [6, 6.07) is 15.6. The molecule has 1 saturated heterocycles. The van der Waals surface area contributed by atoms with Gasteiger partial charge < -0.3 is 4.90 Å². The maximum absolute atomic E-state index is 14.3. The molecule has 1 atom stereocenters. The number of hydrogen-bond donors (Lipinski definition) is 0. The molecule has 2 aromatic carbocycles. The highest BCUT2D eigenvalue weighted by atomic mass is 19.1. The third-order valence-corrected chi connectivity index (χ3v) is 6.44. The highest BCUT2D eigenvalue weighted by Crippen LogP contribution is 2.32. The number of tetrazole rings is 1. The molecule has 164 valence electrons. The Morgan fingerprint density at radius 1 is 1.00 bits per heavy atom. The van der Waals surface area contributed by atoms with Crippen molar-refractivity contribution < 1.29 is 4.39 Å². The van der Waals surface area contributed by atoms with Gasteiger partial charge in [-0.3, -0.25) is 4.90 Å². The third kappa shape index (κ3) is 4.32. The molecular formula is C24H31FN6. The Morgan fingerprint density at radius 3 is 2.32 bits per heavy atom. The topological polar surface area (TPSA) is 50.1 Å². The number of rotatable bonds is 6. The Bertz CT molecular complexity index is 1000. The summed E-state index contributed by atoms with van der Waals surface area (Å²) in [7, 11) is 0. The van der Waals surface area contributed by atoms with Crippen molar-refractivity contribution in [3.8, 4) is 0 Å². The lowest BCUT2D eigenvalue weighted by atomic mass is 9.98. The first-order chi connectivity index (χ1) is 14.9. The normalized spacial score (nSPS) is 16.5. The van der Waals surface area contributed by atoms with Crippen LogP contribution in [0.5, 0.6) is 0 Å². The van der Waals surface area contributed by atoms with E-state index in [1.807, 2.05) is 16.8 Å². The van der Waals surface area contributed by atoms with Crippen molar-refractivity contribution in [2.24, 2.45) is 0 Å². The van der Waals surface area contributed by atoms with Crippen LogP contribution in [0.15, 0.2) is 48.5 Å². The van der Waals surface area contributed by atoms with Crippen molar-refractivity contribution in [3.63, 3.8) is 0 Å². The smallest absolute Gasteiger partial charge is 0.173 e. The predicted molar refractivity (Wildman–Crippen MR) is 121 cm³/mol. The Morgan fingerprint density at radius 2 is 1.68 bits per heavy atom. The van der Waals surface area contributed by atoms with Gasteiger partial charge in [-0.15, -0.1) is 5.10 Å². The van der Waals surface area contributed by atoms with Crippen LogP contribution >= 0.6 is 0 Å². The minimum absolute atomic E-state index is 0.0517. The number of hydrogen-bond acceptors (Lipinski definition) is 5. The molecule has 6 nitrogen and oxygen atoms in total. The molecule has 0 saturated carbocycles. The maximum atomic E-state index is 14.3. The number of nitrogens with zero attached hydrogens (tertiary/aromatic N) is 6. The van der Waals surface area contributed by atoms with Crippen LogP contribution in [-0.4, -0.2) is 51.3 Å². The number of aromatic nitrogens is 4. The van der Waals surface area contributed by atoms with Crippen molar-refractivity contribution in [3.05, 3.63) is 71.3 Å². The summed E-state index contributed by atoms with van der Waals surface area (Å²) in [4.78, 5) is 4.53. The fourth-order valence-electron chi connectivity index (χ4n) is 4.15. The van der Waals surface area contributed by atoms with Crippen molar-refractivity contribution in [2.75, 3.05) is 31.1 Å². The largest absolute Gasteiger partial charge is 0.367 e. The molecule has 0 bridgehead atoms. The lowest BCUT2D eigenvalue weighted by molar-refractivity contribution is 0.187.